The minimum atomic E-state index is -0.427. The van der Waals surface area contributed by atoms with E-state index in [1.54, 1.807) is 31.2 Å². The van der Waals surface area contributed by atoms with Crippen molar-refractivity contribution in [1.82, 2.24) is 4.98 Å². The zero-order valence-corrected chi connectivity index (χ0v) is 16.3. The van der Waals surface area contributed by atoms with Gasteiger partial charge in [0.05, 0.1) is 10.8 Å². The van der Waals surface area contributed by atoms with Crippen molar-refractivity contribution < 1.29 is 9.59 Å². The summed E-state index contributed by atoms with van der Waals surface area (Å²) in [6.45, 7) is 9.01. The molecule has 0 saturated carbocycles. The normalized spacial score (nSPS) is 11.5. The second-order valence-corrected chi connectivity index (χ2v) is 7.45. The highest BCUT2D eigenvalue weighted by Gasteiger charge is 2.20. The zero-order valence-electron chi connectivity index (χ0n) is 15.5. The number of carbonyl (C=O) groups is 2. The van der Waals surface area contributed by atoms with Gasteiger partial charge in [0.2, 0.25) is 5.91 Å². The maximum atomic E-state index is 12.5. The number of Topliss-reactive ketones (excluding diaryl/α,β-unsaturated/α-hetero) is 1. The SMILES string of the molecule is CC(=O)c1ccc(NC(=O)[C@H](C)Sc2nc(C)c(C)c(C)c2C#N)cc1. The van der Waals surface area contributed by atoms with Crippen molar-refractivity contribution in [2.45, 2.75) is 44.9 Å². The number of aromatic nitrogens is 1. The third-order valence-corrected chi connectivity index (χ3v) is 5.38. The van der Waals surface area contributed by atoms with Crippen LogP contribution in [-0.4, -0.2) is 21.9 Å². The minimum absolute atomic E-state index is 0.0213. The maximum absolute atomic E-state index is 12.5. The standard InChI is InChI=1S/C20H21N3O2S/c1-11-12(2)18(10-21)20(22-13(11)3)26-15(5)19(25)23-17-8-6-16(7-9-17)14(4)24/h6-9,15H,1-5H3,(H,23,25)/t15-/m0/s1. The Morgan fingerprint density at radius 3 is 2.31 bits per heavy atom. The molecule has 0 unspecified atom stereocenters. The summed E-state index contributed by atoms with van der Waals surface area (Å²) in [5, 5.41) is 12.4. The second-order valence-electron chi connectivity index (χ2n) is 6.12. The van der Waals surface area contributed by atoms with Crippen LogP contribution in [-0.2, 0) is 4.79 Å². The summed E-state index contributed by atoms with van der Waals surface area (Å²) in [6.07, 6.45) is 0. The van der Waals surface area contributed by atoms with Gasteiger partial charge in [-0.25, -0.2) is 4.98 Å². The number of nitrogens with one attached hydrogen (secondary N) is 1. The summed E-state index contributed by atoms with van der Waals surface area (Å²) in [5.41, 5.74) is 4.49. The molecule has 0 aliphatic rings. The summed E-state index contributed by atoms with van der Waals surface area (Å²) >= 11 is 1.27. The van der Waals surface area contributed by atoms with Crippen molar-refractivity contribution in [3.63, 3.8) is 0 Å². The number of aryl methyl sites for hydroxylation is 1. The number of ketones is 1. The molecule has 1 heterocycles. The van der Waals surface area contributed by atoms with Crippen LogP contribution in [0.1, 0.15) is 46.6 Å². The Morgan fingerprint density at radius 1 is 1.15 bits per heavy atom. The molecule has 0 spiro atoms. The van der Waals surface area contributed by atoms with E-state index in [0.29, 0.717) is 21.8 Å². The van der Waals surface area contributed by atoms with E-state index in [4.69, 9.17) is 0 Å². The Morgan fingerprint density at radius 2 is 1.77 bits per heavy atom. The van der Waals surface area contributed by atoms with E-state index >= 15 is 0 Å². The second kappa shape index (κ2) is 8.15. The van der Waals surface area contributed by atoms with Gasteiger partial charge < -0.3 is 5.32 Å². The number of carbonyl (C=O) groups excluding carboxylic acids is 2. The molecular weight excluding hydrogens is 346 g/mol. The van der Waals surface area contributed by atoms with Gasteiger partial charge in [0.15, 0.2) is 5.78 Å². The summed E-state index contributed by atoms with van der Waals surface area (Å²) in [6, 6.07) is 8.95. The fourth-order valence-electron chi connectivity index (χ4n) is 2.38. The molecular formula is C20H21N3O2S. The summed E-state index contributed by atoms with van der Waals surface area (Å²) < 4.78 is 0. The van der Waals surface area contributed by atoms with Gasteiger partial charge >= 0.3 is 0 Å². The van der Waals surface area contributed by atoms with Crippen LogP contribution in [0.5, 0.6) is 0 Å². The van der Waals surface area contributed by atoms with Crippen LogP contribution >= 0.6 is 11.8 Å². The number of nitriles is 1. The molecule has 0 bridgehead atoms. The Labute approximate surface area is 157 Å². The summed E-state index contributed by atoms with van der Waals surface area (Å²) in [7, 11) is 0. The Balaban J connectivity index is 2.15. The lowest BCUT2D eigenvalue weighted by molar-refractivity contribution is -0.115. The molecule has 2 rings (SSSR count). The molecule has 2 aromatic rings. The van der Waals surface area contributed by atoms with E-state index in [1.807, 2.05) is 20.8 Å². The number of hydrogen-bond acceptors (Lipinski definition) is 5. The van der Waals surface area contributed by atoms with Gasteiger partial charge in [-0.05, 0) is 70.0 Å². The van der Waals surface area contributed by atoms with Gasteiger partial charge in [-0.15, -0.1) is 0 Å². The van der Waals surface area contributed by atoms with Crippen LogP contribution in [0.2, 0.25) is 0 Å². The maximum Gasteiger partial charge on any atom is 0.237 e. The lowest BCUT2D eigenvalue weighted by Crippen LogP contribution is -2.22. The van der Waals surface area contributed by atoms with E-state index in [9.17, 15) is 14.9 Å². The van der Waals surface area contributed by atoms with Crippen LogP contribution < -0.4 is 5.32 Å². The first-order valence-corrected chi connectivity index (χ1v) is 9.09. The Kier molecular flexibility index (Phi) is 6.17. The third-order valence-electron chi connectivity index (χ3n) is 4.29. The molecule has 1 aromatic heterocycles. The molecule has 0 saturated heterocycles. The van der Waals surface area contributed by atoms with E-state index in [1.165, 1.54) is 18.7 Å². The molecule has 134 valence electrons. The van der Waals surface area contributed by atoms with Crippen LogP contribution in [0.3, 0.4) is 0 Å². The number of pyridine rings is 1. The predicted molar refractivity (Wildman–Crippen MR) is 104 cm³/mol. The van der Waals surface area contributed by atoms with E-state index < -0.39 is 5.25 Å². The highest BCUT2D eigenvalue weighted by Crippen LogP contribution is 2.29. The quantitative estimate of drug-likeness (QED) is 0.632. The van der Waals surface area contributed by atoms with Crippen molar-refractivity contribution in [2.24, 2.45) is 0 Å². The number of rotatable bonds is 5. The van der Waals surface area contributed by atoms with Crippen molar-refractivity contribution in [3.05, 3.63) is 52.2 Å². The van der Waals surface area contributed by atoms with Crippen LogP contribution in [0, 0.1) is 32.1 Å². The highest BCUT2D eigenvalue weighted by molar-refractivity contribution is 8.00. The van der Waals surface area contributed by atoms with Gasteiger partial charge in [0, 0.05) is 16.9 Å². The number of benzene rings is 1. The average molecular weight is 367 g/mol. The number of amides is 1. The Bertz CT molecular complexity index is 899. The van der Waals surface area contributed by atoms with Crippen LogP contribution in [0.15, 0.2) is 29.3 Å². The molecule has 0 radical (unpaired) electrons. The molecule has 5 nitrogen and oxygen atoms in total. The topological polar surface area (TPSA) is 82.8 Å². The largest absolute Gasteiger partial charge is 0.325 e. The first kappa shape index (κ1) is 19.7. The lowest BCUT2D eigenvalue weighted by Gasteiger charge is -2.15. The monoisotopic (exact) mass is 367 g/mol. The number of nitrogens with zero attached hydrogens (tertiary/aromatic N) is 2. The molecule has 26 heavy (non-hydrogen) atoms. The lowest BCUT2D eigenvalue weighted by atomic mass is 10.1. The smallest absolute Gasteiger partial charge is 0.237 e. The highest BCUT2D eigenvalue weighted by atomic mass is 32.2. The fraction of sp³-hybridized carbons (Fsp3) is 0.300. The minimum Gasteiger partial charge on any atom is -0.325 e. The molecule has 1 atom stereocenters. The van der Waals surface area contributed by atoms with Gasteiger partial charge in [-0.1, -0.05) is 11.8 Å². The molecule has 0 aliphatic carbocycles. The zero-order chi connectivity index (χ0) is 19.4. The van der Waals surface area contributed by atoms with Gasteiger partial charge in [-0.2, -0.15) is 5.26 Å². The molecule has 1 aromatic carbocycles. The Hall–Kier alpha value is -2.65. The van der Waals surface area contributed by atoms with Crippen molar-refractivity contribution >= 4 is 29.1 Å². The first-order chi connectivity index (χ1) is 12.2. The van der Waals surface area contributed by atoms with Crippen molar-refractivity contribution in [1.29, 1.82) is 5.26 Å². The van der Waals surface area contributed by atoms with E-state index in [0.717, 1.165) is 16.8 Å². The van der Waals surface area contributed by atoms with Crippen molar-refractivity contribution in [3.8, 4) is 6.07 Å². The van der Waals surface area contributed by atoms with Crippen molar-refractivity contribution in [2.75, 3.05) is 5.32 Å². The summed E-state index contributed by atoms with van der Waals surface area (Å²) in [5.74, 6) is -0.209. The molecule has 6 heteroatoms. The first-order valence-electron chi connectivity index (χ1n) is 8.21. The summed E-state index contributed by atoms with van der Waals surface area (Å²) in [4.78, 5) is 28.3. The molecule has 0 fully saturated rings. The third kappa shape index (κ3) is 4.30. The molecule has 1 N–H and O–H groups in total. The fourth-order valence-corrected chi connectivity index (χ4v) is 3.39. The van der Waals surface area contributed by atoms with Gasteiger partial charge in [0.1, 0.15) is 11.1 Å². The van der Waals surface area contributed by atoms with E-state index in [-0.39, 0.29) is 11.7 Å². The van der Waals surface area contributed by atoms with Crippen LogP contribution in [0.4, 0.5) is 5.69 Å². The average Bonchev–Trinajstić information content (AvgIpc) is 2.60. The molecule has 1 amide bonds. The number of anilines is 1. The number of thioether (sulfide) groups is 1. The van der Waals surface area contributed by atoms with Crippen LogP contribution in [0.25, 0.3) is 0 Å². The van der Waals surface area contributed by atoms with Gasteiger partial charge in [-0.3, -0.25) is 9.59 Å². The van der Waals surface area contributed by atoms with E-state index in [2.05, 4.69) is 16.4 Å². The predicted octanol–water partition coefficient (Wildman–Crippen LogP) is 4.20. The number of hydrogen-bond donors (Lipinski definition) is 1. The molecule has 0 aliphatic heterocycles. The van der Waals surface area contributed by atoms with Gasteiger partial charge in [0.25, 0.3) is 0 Å².